The summed E-state index contributed by atoms with van der Waals surface area (Å²) in [5.74, 6) is 0.318. The highest BCUT2D eigenvalue weighted by atomic mass is 16.6. The van der Waals surface area contributed by atoms with Crippen molar-refractivity contribution in [1.29, 1.82) is 0 Å². The molecule has 4 rings (SSSR count). The second kappa shape index (κ2) is 8.58. The number of hydrazone groups is 1. The molecule has 14 heteroatoms. The molecular weight excluding hydrogens is 422 g/mol. The molecule has 32 heavy (non-hydrogen) atoms. The van der Waals surface area contributed by atoms with E-state index in [1.54, 1.807) is 13.8 Å². The fourth-order valence-electron chi connectivity index (χ4n) is 3.44. The highest BCUT2D eigenvalue weighted by Crippen LogP contribution is 2.33. The number of imidazole rings is 1. The number of aromatic nitrogens is 5. The molecule has 1 aliphatic rings. The van der Waals surface area contributed by atoms with Gasteiger partial charge < -0.3 is 30.9 Å². The topological polar surface area (TPSA) is 213 Å². The van der Waals surface area contributed by atoms with E-state index in [9.17, 15) is 15.0 Å². The van der Waals surface area contributed by atoms with Crippen LogP contribution in [0.25, 0.3) is 11.2 Å². The maximum Gasteiger partial charge on any atom is 0.247 e. The van der Waals surface area contributed by atoms with Crippen LogP contribution in [0.2, 0.25) is 0 Å². The van der Waals surface area contributed by atoms with E-state index >= 15 is 0 Å². The fourth-order valence-corrected chi connectivity index (χ4v) is 3.44. The molecule has 4 heterocycles. The second-order valence-electron chi connectivity index (χ2n) is 7.30. The number of nitrogens with zero attached hydrogens (tertiary/aromatic N) is 6. The number of aliphatic hydroxyl groups excluding tert-OH is 2. The molecule has 4 atom stereocenters. The third kappa shape index (κ3) is 3.80. The molecule has 0 spiro atoms. The molecule has 3 aromatic rings. The number of aryl methyl sites for hydroxylation is 2. The maximum absolute atomic E-state index is 12.2. The first-order chi connectivity index (χ1) is 15.3. The summed E-state index contributed by atoms with van der Waals surface area (Å²) in [6.07, 6.45) is -2.30. The zero-order valence-electron chi connectivity index (χ0n) is 17.3. The lowest BCUT2D eigenvalue weighted by Gasteiger charge is -2.16. The zero-order chi connectivity index (χ0) is 23.0. The van der Waals surface area contributed by atoms with Crippen LogP contribution in [0.15, 0.2) is 16.0 Å². The van der Waals surface area contributed by atoms with Crippen molar-refractivity contribution in [3.05, 3.63) is 23.3 Å². The fraction of sp³-hybridized carbons (Fsp3) is 0.444. The Morgan fingerprint density at radius 1 is 1.34 bits per heavy atom. The van der Waals surface area contributed by atoms with Crippen molar-refractivity contribution in [2.24, 2.45) is 10.8 Å². The molecule has 1 saturated heterocycles. The number of rotatable bonds is 7. The monoisotopic (exact) mass is 445 g/mol. The number of hydrogen-bond acceptors (Lipinski definition) is 13. The van der Waals surface area contributed by atoms with Crippen molar-refractivity contribution in [2.45, 2.75) is 44.8 Å². The van der Waals surface area contributed by atoms with Crippen molar-refractivity contribution >= 4 is 34.9 Å². The summed E-state index contributed by atoms with van der Waals surface area (Å²) >= 11 is 0. The van der Waals surface area contributed by atoms with Crippen LogP contribution in [0.4, 0.5) is 11.8 Å². The lowest BCUT2D eigenvalue weighted by Crippen LogP contribution is -2.36. The van der Waals surface area contributed by atoms with Gasteiger partial charge in [0.05, 0.1) is 23.8 Å². The Hall–Kier alpha value is -3.46. The van der Waals surface area contributed by atoms with Crippen LogP contribution < -0.4 is 16.9 Å². The first-order valence-corrected chi connectivity index (χ1v) is 9.78. The van der Waals surface area contributed by atoms with Gasteiger partial charge in [0.15, 0.2) is 23.5 Å². The minimum atomic E-state index is -1.42. The van der Waals surface area contributed by atoms with Crippen LogP contribution in [0.5, 0.6) is 0 Å². The van der Waals surface area contributed by atoms with Crippen LogP contribution in [-0.2, 0) is 9.53 Å². The van der Waals surface area contributed by atoms with Gasteiger partial charge in [-0.05, 0) is 20.4 Å². The summed E-state index contributed by atoms with van der Waals surface area (Å²) in [5.41, 5.74) is 15.9. The van der Waals surface area contributed by atoms with Gasteiger partial charge in [0.2, 0.25) is 5.95 Å². The molecule has 170 valence electrons. The normalized spacial score (nSPS) is 23.4. The summed E-state index contributed by atoms with van der Waals surface area (Å²) in [6, 6.07) is 0. The van der Waals surface area contributed by atoms with Gasteiger partial charge in [0.1, 0.15) is 29.6 Å². The van der Waals surface area contributed by atoms with Gasteiger partial charge in [0.25, 0.3) is 0 Å². The second-order valence-corrected chi connectivity index (χ2v) is 7.30. The van der Waals surface area contributed by atoms with Gasteiger partial charge in [-0.25, -0.2) is 10.4 Å². The highest BCUT2D eigenvalue weighted by molar-refractivity contribution is 5.85. The molecular formula is C18H23N9O5. The van der Waals surface area contributed by atoms with Gasteiger partial charge in [0, 0.05) is 6.42 Å². The number of fused-ring (bicyclic) bond motifs is 1. The summed E-state index contributed by atoms with van der Waals surface area (Å²) < 4.78 is 12.1. The molecule has 3 aromatic heterocycles. The van der Waals surface area contributed by atoms with Crippen LogP contribution in [-0.4, -0.2) is 71.7 Å². The van der Waals surface area contributed by atoms with Gasteiger partial charge in [-0.3, -0.25) is 9.36 Å². The number of carbonyl (C=O) groups excluding carboxylic acids is 1. The average Bonchev–Trinajstić information content (AvgIpc) is 3.40. The van der Waals surface area contributed by atoms with Crippen LogP contribution in [0.1, 0.15) is 29.7 Å². The van der Waals surface area contributed by atoms with E-state index in [0.717, 1.165) is 0 Å². The summed E-state index contributed by atoms with van der Waals surface area (Å²) in [4.78, 5) is 24.8. The van der Waals surface area contributed by atoms with E-state index in [-0.39, 0.29) is 35.9 Å². The Bertz CT molecular complexity index is 1150. The average molecular weight is 445 g/mol. The Morgan fingerprint density at radius 2 is 2.12 bits per heavy atom. The third-order valence-corrected chi connectivity index (χ3v) is 5.12. The van der Waals surface area contributed by atoms with Gasteiger partial charge >= 0.3 is 0 Å². The number of ether oxygens (including phenoxy) is 1. The number of ketones is 1. The molecule has 0 aliphatic carbocycles. The Labute approximate surface area is 181 Å². The smallest absolute Gasteiger partial charge is 0.247 e. The van der Waals surface area contributed by atoms with E-state index in [1.165, 1.54) is 17.1 Å². The minimum Gasteiger partial charge on any atom is -0.387 e. The van der Waals surface area contributed by atoms with Gasteiger partial charge in [-0.15, -0.1) is 0 Å². The largest absolute Gasteiger partial charge is 0.387 e. The van der Waals surface area contributed by atoms with Crippen LogP contribution in [0, 0.1) is 13.8 Å². The van der Waals surface area contributed by atoms with Crippen LogP contribution >= 0.6 is 0 Å². The first-order valence-electron chi connectivity index (χ1n) is 9.78. The molecule has 0 radical (unpaired) electrons. The number of Topliss-reactive ketones (excluding diaryl/α,β-unsaturated/α-hetero) is 1. The van der Waals surface area contributed by atoms with Crippen molar-refractivity contribution in [2.75, 3.05) is 17.7 Å². The lowest BCUT2D eigenvalue weighted by molar-refractivity contribution is -0.135. The quantitative estimate of drug-likeness (QED) is 0.219. The van der Waals surface area contributed by atoms with E-state index in [0.29, 0.717) is 17.0 Å². The number of hydrogen-bond donors (Lipinski definition) is 5. The SMILES string of the molecule is Cc1noc(C)c1/C=N/Nc1nc(N)c2ncn([C@@H]3O[C@H](C(=O)CCN)[C@@H](O)[C@H]3O)c2n1. The lowest BCUT2D eigenvalue weighted by atomic mass is 10.0. The summed E-state index contributed by atoms with van der Waals surface area (Å²) in [5, 5.41) is 28.7. The standard InChI is InChI=1S/C18H23N9O5/c1-7-9(8(2)32-26-7)5-22-25-18-23-15(20)11-16(24-18)27(6-21-11)17-13(30)12(29)14(31-17)10(28)3-4-19/h5-6,12-14,17,29-30H,3-4,19H2,1-2H3,(H3,20,23,24,25)/b22-5+/t12-,13+,14+,17+/m0/s1. The van der Waals surface area contributed by atoms with Crippen molar-refractivity contribution in [1.82, 2.24) is 24.7 Å². The number of carbonyl (C=O) groups is 1. The zero-order valence-corrected chi connectivity index (χ0v) is 17.3. The van der Waals surface area contributed by atoms with Gasteiger partial charge in [-0.1, -0.05) is 5.16 Å². The maximum atomic E-state index is 12.2. The number of anilines is 2. The third-order valence-electron chi connectivity index (χ3n) is 5.12. The highest BCUT2D eigenvalue weighted by Gasteiger charge is 2.47. The van der Waals surface area contributed by atoms with E-state index in [1.807, 2.05) is 0 Å². The molecule has 0 unspecified atom stereocenters. The predicted octanol–water partition coefficient (Wildman–Crippen LogP) is -1.00. The van der Waals surface area contributed by atoms with Crippen molar-refractivity contribution in [3.8, 4) is 0 Å². The number of nitrogens with two attached hydrogens (primary N) is 2. The molecule has 1 fully saturated rings. The number of nitrogens with one attached hydrogen (secondary N) is 1. The van der Waals surface area contributed by atoms with Crippen LogP contribution in [0.3, 0.4) is 0 Å². The Morgan fingerprint density at radius 3 is 2.81 bits per heavy atom. The number of nitrogen functional groups attached to an aromatic ring is 1. The van der Waals surface area contributed by atoms with E-state index in [2.05, 4.69) is 30.6 Å². The van der Waals surface area contributed by atoms with E-state index in [4.69, 9.17) is 20.7 Å². The van der Waals surface area contributed by atoms with Crippen molar-refractivity contribution in [3.63, 3.8) is 0 Å². The molecule has 14 nitrogen and oxygen atoms in total. The molecule has 0 bridgehead atoms. The predicted molar refractivity (Wildman–Crippen MR) is 112 cm³/mol. The number of aliphatic hydroxyl groups is 2. The molecule has 0 amide bonds. The Kier molecular flexibility index (Phi) is 5.84. The molecule has 0 saturated carbocycles. The van der Waals surface area contributed by atoms with Crippen molar-refractivity contribution < 1.29 is 24.3 Å². The van der Waals surface area contributed by atoms with Gasteiger partial charge in [-0.2, -0.15) is 15.1 Å². The summed E-state index contributed by atoms with van der Waals surface area (Å²) in [6.45, 7) is 3.64. The Balaban J connectivity index is 1.61. The summed E-state index contributed by atoms with van der Waals surface area (Å²) in [7, 11) is 0. The minimum absolute atomic E-state index is 0.0121. The molecule has 0 aromatic carbocycles. The first kappa shape index (κ1) is 21.8. The van der Waals surface area contributed by atoms with E-state index < -0.39 is 30.3 Å². The molecule has 7 N–H and O–H groups in total. The molecule has 1 aliphatic heterocycles.